The maximum absolute atomic E-state index is 12.9. The number of hydrogen-bond acceptors (Lipinski definition) is 5. The Morgan fingerprint density at radius 2 is 1.93 bits per heavy atom. The smallest absolute Gasteiger partial charge is 0.174 e. The van der Waals surface area contributed by atoms with Gasteiger partial charge in [0.15, 0.2) is 5.78 Å². The molecule has 28 heavy (non-hydrogen) atoms. The number of aryl methyl sites for hydroxylation is 2. The number of thioether (sulfide) groups is 1. The second-order valence-electron chi connectivity index (χ2n) is 6.76. The van der Waals surface area contributed by atoms with Crippen LogP contribution in [0.2, 0.25) is 0 Å². The van der Waals surface area contributed by atoms with E-state index in [0.717, 1.165) is 38.6 Å². The van der Waals surface area contributed by atoms with Gasteiger partial charge < -0.3 is 8.98 Å². The number of rotatable bonds is 6. The summed E-state index contributed by atoms with van der Waals surface area (Å²) >= 11 is 1.47. The van der Waals surface area contributed by atoms with E-state index in [-0.39, 0.29) is 5.78 Å². The molecule has 0 aliphatic heterocycles. The maximum Gasteiger partial charge on any atom is 0.174 e. The SMILES string of the molecule is Cc1nc(SCC(=O)c2cc(C)n(Cc3ccco3)c2C)c2ccccc2n1. The molecule has 4 rings (SSSR count). The fourth-order valence-electron chi connectivity index (χ4n) is 3.37. The van der Waals surface area contributed by atoms with E-state index < -0.39 is 0 Å². The zero-order chi connectivity index (χ0) is 19.7. The van der Waals surface area contributed by atoms with Crippen molar-refractivity contribution in [3.63, 3.8) is 0 Å². The summed E-state index contributed by atoms with van der Waals surface area (Å²) in [5.74, 6) is 2.03. The van der Waals surface area contributed by atoms with E-state index in [1.807, 2.05) is 63.2 Å². The summed E-state index contributed by atoms with van der Waals surface area (Å²) in [5.41, 5.74) is 3.67. The number of para-hydroxylation sites is 1. The second-order valence-corrected chi connectivity index (χ2v) is 7.72. The Kier molecular flexibility index (Phi) is 5.05. The molecule has 142 valence electrons. The summed E-state index contributed by atoms with van der Waals surface area (Å²) in [6, 6.07) is 13.7. The highest BCUT2D eigenvalue weighted by Crippen LogP contribution is 2.27. The molecule has 0 N–H and O–H groups in total. The molecule has 4 aromatic rings. The molecule has 0 unspecified atom stereocenters. The number of furan rings is 1. The van der Waals surface area contributed by atoms with E-state index in [0.29, 0.717) is 18.1 Å². The van der Waals surface area contributed by atoms with Crippen molar-refractivity contribution in [2.24, 2.45) is 0 Å². The zero-order valence-electron chi connectivity index (χ0n) is 16.1. The quantitative estimate of drug-likeness (QED) is 0.264. The van der Waals surface area contributed by atoms with Crippen LogP contribution in [0.3, 0.4) is 0 Å². The van der Waals surface area contributed by atoms with Gasteiger partial charge in [-0.1, -0.05) is 30.0 Å². The Labute approximate surface area is 167 Å². The molecule has 0 saturated heterocycles. The number of ketones is 1. The molecule has 0 radical (unpaired) electrons. The van der Waals surface area contributed by atoms with Crippen LogP contribution in [0.5, 0.6) is 0 Å². The summed E-state index contributed by atoms with van der Waals surface area (Å²) < 4.78 is 7.56. The highest BCUT2D eigenvalue weighted by Gasteiger charge is 2.17. The summed E-state index contributed by atoms with van der Waals surface area (Å²) in [4.78, 5) is 21.9. The average molecular weight is 391 g/mol. The number of carbonyl (C=O) groups is 1. The van der Waals surface area contributed by atoms with Gasteiger partial charge >= 0.3 is 0 Å². The predicted octanol–water partition coefficient (Wildman–Crippen LogP) is 4.97. The molecule has 0 aliphatic rings. The number of carbonyl (C=O) groups excluding carboxylic acids is 1. The maximum atomic E-state index is 12.9. The third-order valence-electron chi connectivity index (χ3n) is 4.79. The third kappa shape index (κ3) is 3.60. The molecule has 0 bridgehead atoms. The van der Waals surface area contributed by atoms with Crippen molar-refractivity contribution in [1.82, 2.24) is 14.5 Å². The summed E-state index contributed by atoms with van der Waals surface area (Å²) in [6.07, 6.45) is 1.67. The molecule has 3 heterocycles. The lowest BCUT2D eigenvalue weighted by molar-refractivity contribution is 0.102. The average Bonchev–Trinajstić information content (AvgIpc) is 3.29. The molecule has 5 nitrogen and oxygen atoms in total. The topological polar surface area (TPSA) is 60.9 Å². The van der Waals surface area contributed by atoms with E-state index in [4.69, 9.17) is 4.42 Å². The minimum absolute atomic E-state index is 0.101. The van der Waals surface area contributed by atoms with E-state index in [2.05, 4.69) is 14.5 Å². The Morgan fingerprint density at radius 3 is 2.71 bits per heavy atom. The molecule has 3 aromatic heterocycles. The fourth-order valence-corrected chi connectivity index (χ4v) is 4.31. The van der Waals surface area contributed by atoms with Gasteiger partial charge in [0, 0.05) is 22.3 Å². The first-order chi connectivity index (χ1) is 13.5. The third-order valence-corrected chi connectivity index (χ3v) is 5.78. The van der Waals surface area contributed by atoms with Gasteiger partial charge in [-0.2, -0.15) is 0 Å². The standard InChI is InChI=1S/C22H21N3O2S/c1-14-11-19(15(2)25(14)12-17-7-6-10-27-17)21(26)13-28-22-18-8-4-5-9-20(18)23-16(3)24-22/h4-11H,12-13H2,1-3H3. The van der Waals surface area contributed by atoms with Crippen LogP contribution >= 0.6 is 11.8 Å². The lowest BCUT2D eigenvalue weighted by Gasteiger charge is -2.08. The van der Waals surface area contributed by atoms with Gasteiger partial charge in [0.2, 0.25) is 0 Å². The number of fused-ring (bicyclic) bond motifs is 1. The molecule has 0 atom stereocenters. The molecule has 0 aliphatic carbocycles. The molecule has 6 heteroatoms. The molecular weight excluding hydrogens is 370 g/mol. The molecular formula is C22H21N3O2S. The van der Waals surface area contributed by atoms with Crippen LogP contribution in [-0.4, -0.2) is 26.1 Å². The van der Waals surface area contributed by atoms with Crippen LogP contribution in [-0.2, 0) is 6.54 Å². The van der Waals surface area contributed by atoms with E-state index in [1.165, 1.54) is 11.8 Å². The number of Topliss-reactive ketones (excluding diaryl/α,β-unsaturated/α-hetero) is 1. The molecule has 0 fully saturated rings. The molecule has 0 amide bonds. The first-order valence-electron chi connectivity index (χ1n) is 9.11. The van der Waals surface area contributed by atoms with Crippen LogP contribution in [0.25, 0.3) is 10.9 Å². The highest BCUT2D eigenvalue weighted by atomic mass is 32.2. The van der Waals surface area contributed by atoms with Crippen molar-refractivity contribution in [2.45, 2.75) is 32.3 Å². The first-order valence-corrected chi connectivity index (χ1v) is 10.1. The fraction of sp³-hybridized carbons (Fsp3) is 0.227. The van der Waals surface area contributed by atoms with Crippen LogP contribution in [0.15, 0.2) is 58.2 Å². The van der Waals surface area contributed by atoms with Crippen molar-refractivity contribution in [2.75, 3.05) is 5.75 Å². The van der Waals surface area contributed by atoms with E-state index in [9.17, 15) is 4.79 Å². The predicted molar refractivity (Wildman–Crippen MR) is 111 cm³/mol. The summed E-state index contributed by atoms with van der Waals surface area (Å²) in [5, 5.41) is 1.83. The van der Waals surface area contributed by atoms with Gasteiger partial charge in [-0.15, -0.1) is 0 Å². The Hall–Kier alpha value is -2.86. The van der Waals surface area contributed by atoms with Crippen LogP contribution in [0.1, 0.15) is 33.3 Å². The van der Waals surface area contributed by atoms with Gasteiger partial charge in [0.25, 0.3) is 0 Å². The minimum Gasteiger partial charge on any atom is -0.467 e. The number of nitrogens with zero attached hydrogens (tertiary/aromatic N) is 3. The van der Waals surface area contributed by atoms with Gasteiger partial charge in [-0.25, -0.2) is 9.97 Å². The van der Waals surface area contributed by atoms with Gasteiger partial charge in [-0.05, 0) is 45.0 Å². The lowest BCUT2D eigenvalue weighted by Crippen LogP contribution is -2.07. The van der Waals surface area contributed by atoms with Gasteiger partial charge in [0.05, 0.1) is 24.1 Å². The van der Waals surface area contributed by atoms with Crippen molar-refractivity contribution in [3.05, 3.63) is 77.3 Å². The van der Waals surface area contributed by atoms with Crippen molar-refractivity contribution < 1.29 is 9.21 Å². The van der Waals surface area contributed by atoms with E-state index >= 15 is 0 Å². The summed E-state index contributed by atoms with van der Waals surface area (Å²) in [6.45, 7) is 6.50. The second kappa shape index (κ2) is 7.64. The van der Waals surface area contributed by atoms with Crippen LogP contribution in [0, 0.1) is 20.8 Å². The monoisotopic (exact) mass is 391 g/mol. The molecule has 0 spiro atoms. The molecule has 0 saturated carbocycles. The Balaban J connectivity index is 1.55. The molecule has 1 aromatic carbocycles. The van der Waals surface area contributed by atoms with E-state index in [1.54, 1.807) is 6.26 Å². The summed E-state index contributed by atoms with van der Waals surface area (Å²) in [7, 11) is 0. The van der Waals surface area contributed by atoms with Crippen LogP contribution in [0.4, 0.5) is 0 Å². The normalized spacial score (nSPS) is 11.2. The van der Waals surface area contributed by atoms with Gasteiger partial charge in [0.1, 0.15) is 16.6 Å². The number of benzene rings is 1. The number of hydrogen-bond donors (Lipinski definition) is 0. The minimum atomic E-state index is 0.101. The van der Waals surface area contributed by atoms with Crippen molar-refractivity contribution in [1.29, 1.82) is 0 Å². The largest absolute Gasteiger partial charge is 0.467 e. The number of aromatic nitrogens is 3. The van der Waals surface area contributed by atoms with Gasteiger partial charge in [-0.3, -0.25) is 4.79 Å². The zero-order valence-corrected chi connectivity index (χ0v) is 16.9. The Bertz CT molecular complexity index is 1150. The van der Waals surface area contributed by atoms with Crippen molar-refractivity contribution >= 4 is 28.4 Å². The Morgan fingerprint density at radius 1 is 1.11 bits per heavy atom. The van der Waals surface area contributed by atoms with Crippen molar-refractivity contribution in [3.8, 4) is 0 Å². The highest BCUT2D eigenvalue weighted by molar-refractivity contribution is 8.00. The first kappa shape index (κ1) is 18.5. The lowest BCUT2D eigenvalue weighted by atomic mass is 10.2. The van der Waals surface area contributed by atoms with Crippen LogP contribution < -0.4 is 0 Å².